The molecule has 168 valence electrons. The van der Waals surface area contributed by atoms with E-state index < -0.39 is 21.0 Å². The van der Waals surface area contributed by atoms with E-state index >= 15 is 0 Å². The van der Waals surface area contributed by atoms with Gasteiger partial charge in [0.2, 0.25) is 5.91 Å². The van der Waals surface area contributed by atoms with Gasteiger partial charge in [-0.1, -0.05) is 11.8 Å². The van der Waals surface area contributed by atoms with Crippen LogP contribution in [0.1, 0.15) is 46.4 Å². The number of carbonyl (C=O) groups is 2. The van der Waals surface area contributed by atoms with E-state index in [1.807, 2.05) is 11.6 Å². The van der Waals surface area contributed by atoms with Crippen LogP contribution in [0.5, 0.6) is 0 Å². The van der Waals surface area contributed by atoms with Gasteiger partial charge in [0.05, 0.1) is 22.3 Å². The fourth-order valence-electron chi connectivity index (χ4n) is 4.09. The number of fused-ring (bicyclic) bond motifs is 1. The van der Waals surface area contributed by atoms with Crippen LogP contribution in [0.3, 0.4) is 0 Å². The summed E-state index contributed by atoms with van der Waals surface area (Å²) in [5.41, 5.74) is 6.98. The number of anilines is 1. The summed E-state index contributed by atoms with van der Waals surface area (Å²) < 4.78 is 25.2. The van der Waals surface area contributed by atoms with Gasteiger partial charge in [0.15, 0.2) is 15.0 Å². The number of hydrogen-bond donors (Lipinski definition) is 2. The highest BCUT2D eigenvalue weighted by Gasteiger charge is 2.30. The number of aromatic nitrogens is 3. The minimum Gasteiger partial charge on any atom is -0.365 e. The summed E-state index contributed by atoms with van der Waals surface area (Å²) in [4.78, 5) is 25.8. The number of aryl methyl sites for hydroxylation is 1. The van der Waals surface area contributed by atoms with Gasteiger partial charge in [-0.3, -0.25) is 9.59 Å². The van der Waals surface area contributed by atoms with Crippen molar-refractivity contribution in [2.45, 2.75) is 49.4 Å². The lowest BCUT2D eigenvalue weighted by atomic mass is 10.1. The average molecular weight is 484 g/mol. The van der Waals surface area contributed by atoms with Crippen LogP contribution in [0, 0.1) is 5.92 Å². The van der Waals surface area contributed by atoms with Gasteiger partial charge >= 0.3 is 0 Å². The minimum absolute atomic E-state index is 0.0551. The molecule has 2 atom stereocenters. The van der Waals surface area contributed by atoms with E-state index in [2.05, 4.69) is 15.5 Å². The first-order valence-electron chi connectivity index (χ1n) is 10.1. The summed E-state index contributed by atoms with van der Waals surface area (Å²) in [7, 11) is -1.12. The van der Waals surface area contributed by atoms with Gasteiger partial charge in [0, 0.05) is 18.3 Å². The van der Waals surface area contributed by atoms with Crippen LogP contribution in [0.15, 0.2) is 5.16 Å². The summed E-state index contributed by atoms with van der Waals surface area (Å²) in [6.45, 7) is 1.77. The number of amides is 2. The molecular formula is C19H25N5O4S3. The molecule has 12 heteroatoms. The van der Waals surface area contributed by atoms with Crippen molar-refractivity contribution in [2.75, 3.05) is 16.8 Å². The first kappa shape index (κ1) is 22.3. The van der Waals surface area contributed by atoms with E-state index in [1.165, 1.54) is 23.1 Å². The lowest BCUT2D eigenvalue weighted by Gasteiger charge is -2.12. The Labute approximate surface area is 189 Å². The second-order valence-corrected chi connectivity index (χ2v) is 12.7. The number of thiophene rings is 1. The van der Waals surface area contributed by atoms with Crippen molar-refractivity contribution in [3.05, 3.63) is 21.8 Å². The molecule has 2 aromatic heterocycles. The molecule has 0 radical (unpaired) electrons. The van der Waals surface area contributed by atoms with E-state index in [1.54, 1.807) is 6.92 Å². The number of thioether (sulfide) groups is 1. The fourth-order valence-corrected chi connectivity index (χ4v) is 8.09. The van der Waals surface area contributed by atoms with Crippen LogP contribution in [-0.4, -0.2) is 51.8 Å². The zero-order chi connectivity index (χ0) is 22.3. The number of sulfone groups is 1. The average Bonchev–Trinajstić information content (AvgIpc) is 3.42. The highest BCUT2D eigenvalue weighted by molar-refractivity contribution is 8.00. The largest absolute Gasteiger partial charge is 0.365 e. The van der Waals surface area contributed by atoms with Crippen LogP contribution < -0.4 is 11.1 Å². The van der Waals surface area contributed by atoms with Gasteiger partial charge in [0.25, 0.3) is 5.91 Å². The molecular weight excluding hydrogens is 458 g/mol. The molecule has 1 aliphatic heterocycles. The van der Waals surface area contributed by atoms with Gasteiger partial charge in [-0.05, 0) is 44.1 Å². The maximum Gasteiger partial charge on any atom is 0.251 e. The van der Waals surface area contributed by atoms with Crippen molar-refractivity contribution >= 4 is 49.8 Å². The lowest BCUT2D eigenvalue weighted by molar-refractivity contribution is -0.115. The summed E-state index contributed by atoms with van der Waals surface area (Å²) in [6.07, 6.45) is 3.91. The molecule has 0 spiro atoms. The van der Waals surface area contributed by atoms with Gasteiger partial charge < -0.3 is 15.6 Å². The molecule has 3 N–H and O–H groups in total. The Morgan fingerprint density at radius 1 is 1.35 bits per heavy atom. The van der Waals surface area contributed by atoms with Gasteiger partial charge in [-0.15, -0.1) is 21.5 Å². The second kappa shape index (κ2) is 8.55. The van der Waals surface area contributed by atoms with E-state index in [-0.39, 0.29) is 23.3 Å². The molecule has 2 aromatic rings. The Hall–Kier alpha value is -1.92. The normalized spacial score (nSPS) is 20.5. The number of nitrogens with one attached hydrogen (secondary N) is 1. The van der Waals surface area contributed by atoms with E-state index in [4.69, 9.17) is 5.73 Å². The summed E-state index contributed by atoms with van der Waals surface area (Å²) in [5.74, 6) is 0.435. The van der Waals surface area contributed by atoms with Crippen LogP contribution in [0.2, 0.25) is 0 Å². The first-order valence-corrected chi connectivity index (χ1v) is 13.7. The molecule has 1 fully saturated rings. The topological polar surface area (TPSA) is 137 Å². The number of nitrogens with zero attached hydrogens (tertiary/aromatic N) is 3. The molecule has 2 amide bonds. The predicted octanol–water partition coefficient (Wildman–Crippen LogP) is 1.56. The summed E-state index contributed by atoms with van der Waals surface area (Å²) in [6, 6.07) is 0. The zero-order valence-electron chi connectivity index (χ0n) is 17.4. The first-order chi connectivity index (χ1) is 14.6. The number of primary amides is 1. The van der Waals surface area contributed by atoms with E-state index in [9.17, 15) is 18.0 Å². The number of hydrogen-bond acceptors (Lipinski definition) is 8. The van der Waals surface area contributed by atoms with Crippen molar-refractivity contribution < 1.29 is 18.0 Å². The Kier molecular flexibility index (Phi) is 6.14. The molecule has 0 bridgehead atoms. The Morgan fingerprint density at radius 3 is 2.81 bits per heavy atom. The molecule has 0 unspecified atom stereocenters. The second-order valence-electron chi connectivity index (χ2n) is 8.11. The molecule has 1 aliphatic carbocycles. The Morgan fingerprint density at radius 2 is 2.13 bits per heavy atom. The number of rotatable bonds is 7. The van der Waals surface area contributed by atoms with Gasteiger partial charge in [0.1, 0.15) is 10.8 Å². The van der Waals surface area contributed by atoms with Gasteiger partial charge in [-0.2, -0.15) is 0 Å². The molecule has 3 heterocycles. The molecule has 0 aromatic carbocycles. The molecule has 31 heavy (non-hydrogen) atoms. The maximum atomic E-state index is 12.8. The zero-order valence-corrected chi connectivity index (χ0v) is 19.8. The third-order valence-electron chi connectivity index (χ3n) is 5.78. The standard InChI is InChI=1S/C19H25N5O4S3/c1-10(17(26)21-18-15(16(20)25)12-4-3-5-13(12)30-18)29-19-23-22-14(24(19)2)8-11-6-7-31(27,28)9-11/h10-11H,3-9H2,1-2H3,(H2,20,25)(H,21,26)/t10-,11+/m1/s1. The Bertz CT molecular complexity index is 1140. The van der Waals surface area contributed by atoms with Crippen LogP contribution >= 0.6 is 23.1 Å². The number of nitrogens with two attached hydrogens (primary N) is 1. The van der Waals surface area contributed by atoms with Crippen molar-refractivity contribution in [3.8, 4) is 0 Å². The summed E-state index contributed by atoms with van der Waals surface area (Å²) >= 11 is 2.70. The van der Waals surface area contributed by atoms with Crippen molar-refractivity contribution in [1.82, 2.24) is 14.8 Å². The third-order valence-corrected chi connectivity index (χ3v) is 9.96. The highest BCUT2D eigenvalue weighted by Crippen LogP contribution is 2.39. The monoisotopic (exact) mass is 483 g/mol. The smallest absolute Gasteiger partial charge is 0.251 e. The predicted molar refractivity (Wildman–Crippen MR) is 120 cm³/mol. The fraction of sp³-hybridized carbons (Fsp3) is 0.579. The van der Waals surface area contributed by atoms with Gasteiger partial charge in [-0.25, -0.2) is 8.42 Å². The minimum atomic E-state index is -2.94. The molecule has 2 aliphatic rings. The van der Waals surface area contributed by atoms with Crippen molar-refractivity contribution in [3.63, 3.8) is 0 Å². The SMILES string of the molecule is C[C@@H](Sc1nnc(C[C@@H]2CCS(=O)(=O)C2)n1C)C(=O)Nc1sc2c(c1C(N)=O)CCC2. The molecule has 1 saturated heterocycles. The van der Waals surface area contributed by atoms with E-state index in [0.717, 1.165) is 29.7 Å². The van der Waals surface area contributed by atoms with Crippen molar-refractivity contribution in [2.24, 2.45) is 18.7 Å². The van der Waals surface area contributed by atoms with Crippen LogP contribution in [0.25, 0.3) is 0 Å². The maximum absolute atomic E-state index is 12.8. The quantitative estimate of drug-likeness (QED) is 0.570. The van der Waals surface area contributed by atoms with E-state index in [0.29, 0.717) is 34.4 Å². The highest BCUT2D eigenvalue weighted by atomic mass is 32.2. The molecule has 0 saturated carbocycles. The van der Waals surface area contributed by atoms with Crippen molar-refractivity contribution in [1.29, 1.82) is 0 Å². The summed E-state index contributed by atoms with van der Waals surface area (Å²) in [5, 5.41) is 11.9. The molecule has 9 nitrogen and oxygen atoms in total. The lowest BCUT2D eigenvalue weighted by Crippen LogP contribution is -2.24. The van der Waals surface area contributed by atoms with Crippen LogP contribution in [-0.2, 0) is 40.9 Å². The van der Waals surface area contributed by atoms with Crippen LogP contribution in [0.4, 0.5) is 5.00 Å². The third kappa shape index (κ3) is 4.65. The Balaban J connectivity index is 1.41. The number of carbonyl (C=O) groups excluding carboxylic acids is 2. The molecule has 4 rings (SSSR count).